The number of sulfonamides is 1. The molecule has 3 heterocycles. The third-order valence-corrected chi connectivity index (χ3v) is 7.58. The maximum atomic E-state index is 12.8. The van der Waals surface area contributed by atoms with Crippen LogP contribution in [-0.4, -0.2) is 52.4 Å². The van der Waals surface area contributed by atoms with Crippen LogP contribution >= 0.6 is 11.8 Å². The summed E-state index contributed by atoms with van der Waals surface area (Å²) in [6, 6.07) is 9.57. The summed E-state index contributed by atoms with van der Waals surface area (Å²) in [7, 11) is -3.51. The van der Waals surface area contributed by atoms with Crippen molar-refractivity contribution in [2.24, 2.45) is 0 Å². The van der Waals surface area contributed by atoms with Gasteiger partial charge in [-0.2, -0.15) is 21.1 Å². The summed E-state index contributed by atoms with van der Waals surface area (Å²) in [6.07, 6.45) is 1.48. The Morgan fingerprint density at radius 2 is 1.89 bits per heavy atom. The standard InChI is InChI=1S/C19H22N4O3S2/c1-13(2)14-3-5-15(6-4-14)18-21-19(26-22-18)17-11-16(12-20-17)28(24,25)23-7-9-27-10-8-23/h3-6,11-13,20H,7-10H2,1-2H3. The van der Waals surface area contributed by atoms with Crippen molar-refractivity contribution in [2.45, 2.75) is 24.7 Å². The van der Waals surface area contributed by atoms with Gasteiger partial charge < -0.3 is 9.51 Å². The fraction of sp³-hybridized carbons (Fsp3) is 0.368. The minimum Gasteiger partial charge on any atom is -0.356 e. The molecule has 4 rings (SSSR count). The molecule has 1 fully saturated rings. The average Bonchev–Trinajstić information content (AvgIpc) is 3.39. The maximum Gasteiger partial charge on any atom is 0.274 e. The second kappa shape index (κ2) is 7.73. The fourth-order valence-corrected chi connectivity index (χ4v) is 5.62. The summed E-state index contributed by atoms with van der Waals surface area (Å²) in [5, 5.41) is 4.03. The first-order valence-electron chi connectivity index (χ1n) is 9.16. The minimum atomic E-state index is -3.51. The molecule has 9 heteroatoms. The van der Waals surface area contributed by atoms with Crippen LogP contribution in [-0.2, 0) is 10.0 Å². The van der Waals surface area contributed by atoms with Crippen molar-refractivity contribution >= 4 is 21.8 Å². The molecule has 1 aliphatic rings. The van der Waals surface area contributed by atoms with Gasteiger partial charge in [0.05, 0.1) is 0 Å². The molecule has 0 atom stereocenters. The van der Waals surface area contributed by atoms with E-state index in [1.54, 1.807) is 17.8 Å². The van der Waals surface area contributed by atoms with Crippen molar-refractivity contribution in [1.82, 2.24) is 19.4 Å². The number of thioether (sulfide) groups is 1. The lowest BCUT2D eigenvalue weighted by atomic mass is 10.0. The highest BCUT2D eigenvalue weighted by Gasteiger charge is 2.27. The quantitative estimate of drug-likeness (QED) is 0.681. The van der Waals surface area contributed by atoms with Crippen LogP contribution in [0, 0.1) is 0 Å². The molecule has 1 aliphatic heterocycles. The summed E-state index contributed by atoms with van der Waals surface area (Å²) < 4.78 is 32.4. The molecular formula is C19H22N4O3S2. The molecule has 0 amide bonds. The Hall–Kier alpha value is -2.10. The van der Waals surface area contributed by atoms with Gasteiger partial charge >= 0.3 is 0 Å². The molecule has 148 valence electrons. The Bertz CT molecular complexity index is 1050. The molecule has 2 aromatic heterocycles. The third-order valence-electron chi connectivity index (χ3n) is 4.76. The van der Waals surface area contributed by atoms with Gasteiger partial charge in [-0.05, 0) is 17.5 Å². The smallest absolute Gasteiger partial charge is 0.274 e. The zero-order chi connectivity index (χ0) is 19.7. The van der Waals surface area contributed by atoms with Crippen molar-refractivity contribution in [1.29, 1.82) is 0 Å². The van der Waals surface area contributed by atoms with Crippen LogP contribution in [0.15, 0.2) is 45.9 Å². The normalized spacial score (nSPS) is 16.0. The zero-order valence-electron chi connectivity index (χ0n) is 15.8. The van der Waals surface area contributed by atoms with Gasteiger partial charge in [0.2, 0.25) is 15.8 Å². The van der Waals surface area contributed by atoms with Crippen LogP contribution < -0.4 is 0 Å². The third kappa shape index (κ3) is 3.74. The number of rotatable bonds is 5. The van der Waals surface area contributed by atoms with Crippen LogP contribution in [0.5, 0.6) is 0 Å². The molecule has 7 nitrogen and oxygen atoms in total. The Morgan fingerprint density at radius 1 is 1.18 bits per heavy atom. The predicted molar refractivity (Wildman–Crippen MR) is 110 cm³/mol. The lowest BCUT2D eigenvalue weighted by Gasteiger charge is -2.24. The van der Waals surface area contributed by atoms with Gasteiger partial charge in [0, 0.05) is 36.4 Å². The highest BCUT2D eigenvalue weighted by Crippen LogP contribution is 2.27. The van der Waals surface area contributed by atoms with Crippen molar-refractivity contribution in [3.63, 3.8) is 0 Å². The number of benzene rings is 1. The molecule has 0 radical (unpaired) electrons. The monoisotopic (exact) mass is 418 g/mol. The van der Waals surface area contributed by atoms with Crippen LogP contribution in [0.3, 0.4) is 0 Å². The number of nitrogens with zero attached hydrogens (tertiary/aromatic N) is 3. The van der Waals surface area contributed by atoms with E-state index in [1.165, 1.54) is 16.1 Å². The van der Waals surface area contributed by atoms with Gasteiger partial charge in [-0.15, -0.1) is 0 Å². The second-order valence-electron chi connectivity index (χ2n) is 6.97. The van der Waals surface area contributed by atoms with Crippen molar-refractivity contribution in [3.8, 4) is 23.0 Å². The van der Waals surface area contributed by atoms with Gasteiger partial charge in [0.15, 0.2) is 0 Å². The topological polar surface area (TPSA) is 92.1 Å². The van der Waals surface area contributed by atoms with Crippen molar-refractivity contribution < 1.29 is 12.9 Å². The first-order chi connectivity index (χ1) is 13.4. The van der Waals surface area contributed by atoms with Crippen molar-refractivity contribution in [2.75, 3.05) is 24.6 Å². The zero-order valence-corrected chi connectivity index (χ0v) is 17.4. The lowest BCUT2D eigenvalue weighted by Crippen LogP contribution is -2.37. The lowest BCUT2D eigenvalue weighted by molar-refractivity contribution is 0.431. The molecular weight excluding hydrogens is 396 g/mol. The van der Waals surface area contributed by atoms with Crippen molar-refractivity contribution in [3.05, 3.63) is 42.1 Å². The van der Waals surface area contributed by atoms with E-state index in [2.05, 4.69) is 29.0 Å². The molecule has 1 N–H and O–H groups in total. The summed E-state index contributed by atoms with van der Waals surface area (Å²) in [6.45, 7) is 5.34. The van der Waals surface area contributed by atoms with Crippen LogP contribution in [0.25, 0.3) is 23.0 Å². The maximum absolute atomic E-state index is 12.8. The first kappa shape index (κ1) is 19.2. The van der Waals surface area contributed by atoms with E-state index < -0.39 is 10.0 Å². The van der Waals surface area contributed by atoms with E-state index in [0.717, 1.165) is 17.1 Å². The largest absolute Gasteiger partial charge is 0.356 e. The molecule has 1 aromatic carbocycles. The molecule has 0 unspecified atom stereocenters. The van der Waals surface area contributed by atoms with Gasteiger partial charge in [-0.25, -0.2) is 8.42 Å². The number of nitrogens with one attached hydrogen (secondary N) is 1. The number of H-pyrrole nitrogens is 1. The molecule has 0 bridgehead atoms. The van der Waals surface area contributed by atoms with E-state index in [9.17, 15) is 8.42 Å². The van der Waals surface area contributed by atoms with E-state index >= 15 is 0 Å². The molecule has 28 heavy (non-hydrogen) atoms. The molecule has 1 saturated heterocycles. The SMILES string of the molecule is CC(C)c1ccc(-c2noc(-c3cc(S(=O)(=O)N4CCSCC4)c[nH]3)n2)cc1. The van der Waals surface area contributed by atoms with Crippen LogP contribution in [0.2, 0.25) is 0 Å². The molecule has 0 saturated carbocycles. The number of aromatic nitrogens is 3. The van der Waals surface area contributed by atoms with Crippen LogP contribution in [0.4, 0.5) is 0 Å². The highest BCUT2D eigenvalue weighted by molar-refractivity contribution is 7.99. The first-order valence-corrected chi connectivity index (χ1v) is 11.8. The van der Waals surface area contributed by atoms with E-state index in [-0.39, 0.29) is 10.8 Å². The van der Waals surface area contributed by atoms with E-state index in [0.29, 0.717) is 30.5 Å². The Morgan fingerprint density at radius 3 is 2.57 bits per heavy atom. The Labute approximate surface area is 168 Å². The average molecular weight is 419 g/mol. The Balaban J connectivity index is 1.56. The highest BCUT2D eigenvalue weighted by atomic mass is 32.2. The molecule has 0 spiro atoms. The minimum absolute atomic E-state index is 0.218. The van der Waals surface area contributed by atoms with Gasteiger partial charge in [-0.1, -0.05) is 43.3 Å². The number of hydrogen-bond donors (Lipinski definition) is 1. The van der Waals surface area contributed by atoms with Crippen LogP contribution in [0.1, 0.15) is 25.3 Å². The fourth-order valence-electron chi connectivity index (χ4n) is 3.05. The summed E-state index contributed by atoms with van der Waals surface area (Å²) in [5.74, 6) is 2.82. The number of aromatic amines is 1. The van der Waals surface area contributed by atoms with Gasteiger partial charge in [-0.3, -0.25) is 0 Å². The van der Waals surface area contributed by atoms with Gasteiger partial charge in [0.1, 0.15) is 10.6 Å². The second-order valence-corrected chi connectivity index (χ2v) is 10.1. The molecule has 0 aliphatic carbocycles. The predicted octanol–water partition coefficient (Wildman–Crippen LogP) is 3.59. The molecule has 3 aromatic rings. The van der Waals surface area contributed by atoms with E-state index in [1.807, 2.05) is 24.3 Å². The van der Waals surface area contributed by atoms with Gasteiger partial charge in [0.25, 0.3) is 5.89 Å². The number of hydrogen-bond acceptors (Lipinski definition) is 6. The summed E-state index contributed by atoms with van der Waals surface area (Å²) in [5.41, 5.74) is 2.58. The summed E-state index contributed by atoms with van der Waals surface area (Å²) >= 11 is 1.77. The van der Waals surface area contributed by atoms with E-state index in [4.69, 9.17) is 4.52 Å². The Kier molecular flexibility index (Phi) is 5.31. The summed E-state index contributed by atoms with van der Waals surface area (Å²) in [4.78, 5) is 7.58.